The maximum absolute atomic E-state index is 10.9. The van der Waals surface area contributed by atoms with E-state index in [1.807, 2.05) is 13.0 Å². The number of rotatable bonds is 2. The van der Waals surface area contributed by atoms with Gasteiger partial charge < -0.3 is 0 Å². The highest BCUT2D eigenvalue weighted by molar-refractivity contribution is 7.85. The minimum atomic E-state index is -4.07. The van der Waals surface area contributed by atoms with Crippen LogP contribution in [0.1, 0.15) is 18.1 Å². The summed E-state index contributed by atoms with van der Waals surface area (Å²) in [6.07, 6.45) is 0.593. The van der Waals surface area contributed by atoms with Gasteiger partial charge in [0.25, 0.3) is 10.1 Å². The van der Waals surface area contributed by atoms with Crippen LogP contribution < -0.4 is 0 Å². The van der Waals surface area contributed by atoms with Crippen molar-refractivity contribution < 1.29 is 13.0 Å². The molecule has 0 atom stereocenters. The molecular formula is C9H12O3S. The molecule has 0 radical (unpaired) electrons. The van der Waals surface area contributed by atoms with Crippen LogP contribution >= 0.6 is 0 Å². The van der Waals surface area contributed by atoms with Crippen molar-refractivity contribution in [2.24, 2.45) is 0 Å². The molecule has 0 unspecified atom stereocenters. The van der Waals surface area contributed by atoms with E-state index in [1.165, 1.54) is 6.07 Å². The summed E-state index contributed by atoms with van der Waals surface area (Å²) in [5, 5.41) is 0. The summed E-state index contributed by atoms with van der Waals surface area (Å²) >= 11 is 0. The van der Waals surface area contributed by atoms with Crippen LogP contribution in [0.2, 0.25) is 0 Å². The van der Waals surface area contributed by atoms with Crippen LogP contribution in [-0.2, 0) is 16.5 Å². The highest BCUT2D eigenvalue weighted by atomic mass is 32.2. The minimum Gasteiger partial charge on any atom is -0.282 e. The summed E-state index contributed by atoms with van der Waals surface area (Å²) in [6, 6.07) is 5.03. The molecule has 0 saturated heterocycles. The largest absolute Gasteiger partial charge is 0.294 e. The molecule has 1 rings (SSSR count). The fourth-order valence-corrected chi connectivity index (χ4v) is 2.07. The van der Waals surface area contributed by atoms with E-state index in [1.54, 1.807) is 13.0 Å². The van der Waals surface area contributed by atoms with Crippen molar-refractivity contribution in [2.75, 3.05) is 0 Å². The Hall–Kier alpha value is -0.870. The lowest BCUT2D eigenvalue weighted by molar-refractivity contribution is 0.482. The molecule has 1 aromatic carbocycles. The minimum absolute atomic E-state index is 0.0231. The second-order valence-electron chi connectivity index (χ2n) is 2.94. The van der Waals surface area contributed by atoms with E-state index in [0.29, 0.717) is 12.0 Å². The Labute approximate surface area is 78.2 Å². The normalized spacial score (nSPS) is 11.6. The summed E-state index contributed by atoms with van der Waals surface area (Å²) < 4.78 is 30.7. The third-order valence-corrected chi connectivity index (χ3v) is 2.82. The molecule has 0 fully saturated rings. The lowest BCUT2D eigenvalue weighted by Crippen LogP contribution is -2.02. The second kappa shape index (κ2) is 3.47. The summed E-state index contributed by atoms with van der Waals surface area (Å²) in [4.78, 5) is 0.0231. The number of benzene rings is 1. The molecule has 0 aromatic heterocycles. The first kappa shape index (κ1) is 10.2. The van der Waals surface area contributed by atoms with Crippen LogP contribution in [0.25, 0.3) is 0 Å². The predicted octanol–water partition coefficient (Wildman–Crippen LogP) is 1.80. The Morgan fingerprint density at radius 2 is 2.00 bits per heavy atom. The zero-order valence-corrected chi connectivity index (χ0v) is 8.43. The van der Waals surface area contributed by atoms with Crippen molar-refractivity contribution in [3.8, 4) is 0 Å². The van der Waals surface area contributed by atoms with Gasteiger partial charge in [0.2, 0.25) is 0 Å². The lowest BCUT2D eigenvalue weighted by Gasteiger charge is -2.05. The predicted molar refractivity (Wildman–Crippen MR) is 50.4 cm³/mol. The van der Waals surface area contributed by atoms with Crippen LogP contribution in [0.5, 0.6) is 0 Å². The van der Waals surface area contributed by atoms with Gasteiger partial charge in [-0.2, -0.15) is 8.42 Å². The topological polar surface area (TPSA) is 54.4 Å². The smallest absolute Gasteiger partial charge is 0.282 e. The van der Waals surface area contributed by atoms with Gasteiger partial charge in [0, 0.05) is 0 Å². The first-order valence-corrected chi connectivity index (χ1v) is 5.46. The molecule has 0 heterocycles. The molecule has 0 aliphatic rings. The zero-order chi connectivity index (χ0) is 10.1. The molecule has 4 heteroatoms. The van der Waals surface area contributed by atoms with E-state index in [4.69, 9.17) is 4.55 Å². The molecule has 0 spiro atoms. The molecule has 0 amide bonds. The molecule has 0 aliphatic heterocycles. The fraction of sp³-hybridized carbons (Fsp3) is 0.333. The first-order chi connectivity index (χ1) is 5.95. The third kappa shape index (κ3) is 2.29. The second-order valence-corrected chi connectivity index (χ2v) is 4.33. The maximum atomic E-state index is 10.9. The van der Waals surface area contributed by atoms with E-state index < -0.39 is 10.1 Å². The highest BCUT2D eigenvalue weighted by Gasteiger charge is 2.13. The Kier molecular flexibility index (Phi) is 2.73. The van der Waals surface area contributed by atoms with Crippen LogP contribution in [0.4, 0.5) is 0 Å². The molecule has 0 aliphatic carbocycles. The van der Waals surface area contributed by atoms with Crippen molar-refractivity contribution in [1.29, 1.82) is 0 Å². The standard InChI is InChI=1S/C9H12O3S/c1-3-8-5-4-7(2)6-9(8)13(10,11)12/h4-6H,3H2,1-2H3,(H,10,11,12). The van der Waals surface area contributed by atoms with Crippen molar-refractivity contribution in [3.05, 3.63) is 29.3 Å². The van der Waals surface area contributed by atoms with Crippen molar-refractivity contribution in [3.63, 3.8) is 0 Å². The maximum Gasteiger partial charge on any atom is 0.294 e. The lowest BCUT2D eigenvalue weighted by atomic mass is 10.1. The van der Waals surface area contributed by atoms with Gasteiger partial charge in [0.15, 0.2) is 0 Å². The molecule has 72 valence electrons. The van der Waals surface area contributed by atoms with Gasteiger partial charge in [-0.15, -0.1) is 0 Å². The first-order valence-electron chi connectivity index (χ1n) is 4.02. The van der Waals surface area contributed by atoms with E-state index in [9.17, 15) is 8.42 Å². The molecule has 1 aromatic rings. The quantitative estimate of drug-likeness (QED) is 0.741. The summed E-state index contributed by atoms with van der Waals surface area (Å²) in [6.45, 7) is 3.63. The monoisotopic (exact) mass is 200 g/mol. The summed E-state index contributed by atoms with van der Waals surface area (Å²) in [5.41, 5.74) is 1.47. The van der Waals surface area contributed by atoms with Crippen LogP contribution in [0, 0.1) is 6.92 Å². The van der Waals surface area contributed by atoms with Gasteiger partial charge in [-0.3, -0.25) is 4.55 Å². The number of hydrogen-bond acceptors (Lipinski definition) is 2. The SMILES string of the molecule is CCc1ccc(C)cc1S(=O)(=O)O. The average molecular weight is 200 g/mol. The van der Waals surface area contributed by atoms with Crippen LogP contribution in [0.3, 0.4) is 0 Å². The van der Waals surface area contributed by atoms with Gasteiger partial charge in [0.05, 0.1) is 4.90 Å². The molecule has 0 saturated carbocycles. The Morgan fingerprint density at radius 3 is 2.46 bits per heavy atom. The van der Waals surface area contributed by atoms with Gasteiger partial charge in [0.1, 0.15) is 0 Å². The number of aryl methyl sites for hydroxylation is 2. The van der Waals surface area contributed by atoms with Crippen molar-refractivity contribution in [1.82, 2.24) is 0 Å². The van der Waals surface area contributed by atoms with Crippen LogP contribution in [-0.4, -0.2) is 13.0 Å². The molecule has 3 nitrogen and oxygen atoms in total. The van der Waals surface area contributed by atoms with Crippen molar-refractivity contribution >= 4 is 10.1 Å². The molecule has 13 heavy (non-hydrogen) atoms. The average Bonchev–Trinajstić information content (AvgIpc) is 2.03. The van der Waals surface area contributed by atoms with Gasteiger partial charge in [-0.25, -0.2) is 0 Å². The number of hydrogen-bond donors (Lipinski definition) is 1. The molecular weight excluding hydrogens is 188 g/mol. The van der Waals surface area contributed by atoms with E-state index in [-0.39, 0.29) is 4.90 Å². The molecule has 1 N–H and O–H groups in total. The highest BCUT2D eigenvalue weighted by Crippen LogP contribution is 2.17. The van der Waals surface area contributed by atoms with E-state index in [2.05, 4.69) is 0 Å². The zero-order valence-electron chi connectivity index (χ0n) is 7.61. The Bertz CT molecular complexity index is 407. The van der Waals surface area contributed by atoms with Gasteiger partial charge in [-0.05, 0) is 30.5 Å². The third-order valence-electron chi connectivity index (χ3n) is 1.88. The summed E-state index contributed by atoms with van der Waals surface area (Å²) in [5.74, 6) is 0. The van der Waals surface area contributed by atoms with E-state index in [0.717, 1.165) is 5.56 Å². The summed E-state index contributed by atoms with van der Waals surface area (Å²) in [7, 11) is -4.07. The molecule has 0 bridgehead atoms. The van der Waals surface area contributed by atoms with Crippen molar-refractivity contribution in [2.45, 2.75) is 25.2 Å². The van der Waals surface area contributed by atoms with Gasteiger partial charge >= 0.3 is 0 Å². The van der Waals surface area contributed by atoms with E-state index >= 15 is 0 Å². The Morgan fingerprint density at radius 1 is 1.38 bits per heavy atom. The fourth-order valence-electron chi connectivity index (χ4n) is 1.19. The Balaban J connectivity index is 3.41. The van der Waals surface area contributed by atoms with Gasteiger partial charge in [-0.1, -0.05) is 19.1 Å². The van der Waals surface area contributed by atoms with Crippen LogP contribution in [0.15, 0.2) is 23.1 Å².